The first-order valence-corrected chi connectivity index (χ1v) is 5.99. The van der Waals surface area contributed by atoms with Gasteiger partial charge < -0.3 is 11.1 Å². The molecule has 1 aromatic rings. The van der Waals surface area contributed by atoms with Gasteiger partial charge in [-0.25, -0.2) is 0 Å². The van der Waals surface area contributed by atoms with E-state index in [1.807, 2.05) is 0 Å². The number of nitrogen functional groups attached to an aromatic ring is 1. The summed E-state index contributed by atoms with van der Waals surface area (Å²) in [6, 6.07) is 3.07. The van der Waals surface area contributed by atoms with Gasteiger partial charge in [0.25, 0.3) is 0 Å². The monoisotopic (exact) mass is 304 g/mol. The van der Waals surface area contributed by atoms with Crippen LogP contribution in [0.5, 0.6) is 0 Å². The van der Waals surface area contributed by atoms with Gasteiger partial charge in [-0.2, -0.15) is 26.3 Å². The largest absolute Gasteiger partial charge is 0.441 e. The summed E-state index contributed by atoms with van der Waals surface area (Å²) in [4.78, 5) is 0. The molecule has 0 aliphatic rings. The van der Waals surface area contributed by atoms with Crippen LogP contribution in [0.3, 0.4) is 0 Å². The minimum atomic E-state index is -4.62. The van der Waals surface area contributed by atoms with E-state index in [0.717, 1.165) is 12.1 Å². The van der Waals surface area contributed by atoms with Crippen LogP contribution in [0.25, 0.3) is 0 Å². The fourth-order valence-electron chi connectivity index (χ4n) is 1.30. The molecule has 0 heterocycles. The number of rotatable bonds is 4. The van der Waals surface area contributed by atoms with Crippen LogP contribution >= 0.6 is 11.8 Å². The van der Waals surface area contributed by atoms with Crippen LogP contribution < -0.4 is 11.1 Å². The van der Waals surface area contributed by atoms with Gasteiger partial charge in [0.15, 0.2) is 0 Å². The molecule has 3 N–H and O–H groups in total. The van der Waals surface area contributed by atoms with Gasteiger partial charge in [0, 0.05) is 23.7 Å². The Morgan fingerprint density at radius 3 is 2.26 bits per heavy atom. The Morgan fingerprint density at radius 2 is 1.74 bits per heavy atom. The van der Waals surface area contributed by atoms with E-state index in [1.54, 1.807) is 0 Å². The highest BCUT2D eigenvalue weighted by Crippen LogP contribution is 2.36. The van der Waals surface area contributed by atoms with Crippen LogP contribution in [0.2, 0.25) is 0 Å². The van der Waals surface area contributed by atoms with Crippen LogP contribution in [0.4, 0.5) is 37.7 Å². The third kappa shape index (κ3) is 5.50. The van der Waals surface area contributed by atoms with Crippen molar-refractivity contribution in [3.05, 3.63) is 23.8 Å². The molecular weight excluding hydrogens is 294 g/mol. The van der Waals surface area contributed by atoms with Crippen molar-refractivity contribution in [3.63, 3.8) is 0 Å². The first-order valence-electron chi connectivity index (χ1n) is 5.01. The first-order chi connectivity index (χ1) is 8.59. The molecule has 0 amide bonds. The summed E-state index contributed by atoms with van der Waals surface area (Å²) in [5, 5.41) is 2.32. The molecule has 0 unspecified atom stereocenters. The lowest BCUT2D eigenvalue weighted by molar-refractivity contribution is -0.136. The zero-order valence-electron chi connectivity index (χ0n) is 9.40. The summed E-state index contributed by atoms with van der Waals surface area (Å²) >= 11 is -0.299. The van der Waals surface area contributed by atoms with Gasteiger partial charge in [-0.05, 0) is 30.0 Å². The third-order valence-electron chi connectivity index (χ3n) is 2.03. The van der Waals surface area contributed by atoms with Crippen molar-refractivity contribution >= 4 is 23.1 Å². The van der Waals surface area contributed by atoms with Crippen LogP contribution in [-0.2, 0) is 6.18 Å². The van der Waals surface area contributed by atoms with Crippen molar-refractivity contribution in [2.45, 2.75) is 11.7 Å². The fraction of sp³-hybridized carbons (Fsp3) is 0.400. The Balaban J connectivity index is 2.68. The lowest BCUT2D eigenvalue weighted by atomic mass is 10.1. The predicted molar refractivity (Wildman–Crippen MR) is 62.9 cm³/mol. The van der Waals surface area contributed by atoms with E-state index in [0.29, 0.717) is 0 Å². The first kappa shape index (κ1) is 15.8. The summed E-state index contributed by atoms with van der Waals surface area (Å²) in [5.74, 6) is -0.384. The van der Waals surface area contributed by atoms with Gasteiger partial charge in [0.2, 0.25) is 0 Å². The maximum absolute atomic E-state index is 12.6. The molecule has 9 heteroatoms. The number of nitrogens with one attached hydrogen (secondary N) is 1. The zero-order chi connectivity index (χ0) is 14.7. The fourth-order valence-corrected chi connectivity index (χ4v) is 1.74. The average molecular weight is 304 g/mol. The SMILES string of the molecule is Nc1ccc(NCCSC(F)(F)F)c(C(F)(F)F)c1. The van der Waals surface area contributed by atoms with Crippen LogP contribution in [-0.4, -0.2) is 17.8 Å². The molecule has 0 fully saturated rings. The number of anilines is 2. The molecule has 0 radical (unpaired) electrons. The van der Waals surface area contributed by atoms with E-state index in [-0.39, 0.29) is 35.4 Å². The number of benzene rings is 1. The van der Waals surface area contributed by atoms with Crippen LogP contribution in [0, 0.1) is 0 Å². The number of alkyl halides is 6. The van der Waals surface area contributed by atoms with E-state index < -0.39 is 17.2 Å². The minimum absolute atomic E-state index is 0.0671. The summed E-state index contributed by atoms with van der Waals surface area (Å²) < 4.78 is 73.5. The quantitative estimate of drug-likeness (QED) is 0.502. The van der Waals surface area contributed by atoms with Gasteiger partial charge in [0.1, 0.15) is 0 Å². The van der Waals surface area contributed by atoms with Gasteiger partial charge in [-0.15, -0.1) is 0 Å². The van der Waals surface area contributed by atoms with Gasteiger partial charge in [-0.1, -0.05) is 0 Å². The molecule has 19 heavy (non-hydrogen) atoms. The molecule has 0 aliphatic carbocycles. The topological polar surface area (TPSA) is 38.0 Å². The van der Waals surface area contributed by atoms with E-state index in [4.69, 9.17) is 5.73 Å². The summed E-state index contributed by atoms with van der Waals surface area (Å²) in [5.41, 5.74) is -0.488. The normalized spacial score (nSPS) is 12.5. The second-order valence-corrected chi connectivity index (χ2v) is 4.68. The van der Waals surface area contributed by atoms with Gasteiger partial charge in [0.05, 0.1) is 5.56 Å². The Labute approximate surface area is 109 Å². The van der Waals surface area contributed by atoms with Crippen molar-refractivity contribution in [2.75, 3.05) is 23.3 Å². The number of hydrogen-bond donors (Lipinski definition) is 2. The molecule has 1 rings (SSSR count). The molecule has 0 bridgehead atoms. The Morgan fingerprint density at radius 1 is 1.11 bits per heavy atom. The Hall–Kier alpha value is -1.25. The Bertz CT molecular complexity index is 429. The molecule has 108 valence electrons. The minimum Gasteiger partial charge on any atom is -0.399 e. The lowest BCUT2D eigenvalue weighted by Crippen LogP contribution is -2.14. The van der Waals surface area contributed by atoms with E-state index in [9.17, 15) is 26.3 Å². The second kappa shape index (κ2) is 5.81. The highest BCUT2D eigenvalue weighted by Gasteiger charge is 2.33. The molecule has 0 aromatic heterocycles. The predicted octanol–water partition coefficient (Wildman–Crippen LogP) is 3.95. The molecule has 0 spiro atoms. The van der Waals surface area contributed by atoms with Crippen LogP contribution in [0.15, 0.2) is 18.2 Å². The van der Waals surface area contributed by atoms with E-state index in [2.05, 4.69) is 5.32 Å². The molecule has 0 saturated heterocycles. The van der Waals surface area contributed by atoms with E-state index in [1.165, 1.54) is 6.07 Å². The van der Waals surface area contributed by atoms with Gasteiger partial charge >= 0.3 is 11.7 Å². The van der Waals surface area contributed by atoms with Crippen molar-refractivity contribution in [1.82, 2.24) is 0 Å². The van der Waals surface area contributed by atoms with Crippen molar-refractivity contribution in [3.8, 4) is 0 Å². The Kier molecular flexibility index (Phi) is 4.83. The number of nitrogens with two attached hydrogens (primary N) is 1. The average Bonchev–Trinajstić information content (AvgIpc) is 2.23. The highest BCUT2D eigenvalue weighted by atomic mass is 32.2. The van der Waals surface area contributed by atoms with Crippen molar-refractivity contribution in [1.29, 1.82) is 0 Å². The summed E-state index contributed by atoms with van der Waals surface area (Å²) in [6.45, 7) is -0.239. The third-order valence-corrected chi connectivity index (χ3v) is 2.77. The van der Waals surface area contributed by atoms with Gasteiger partial charge in [-0.3, -0.25) is 0 Å². The standard InChI is InChI=1S/C10H10F6N2S/c11-9(12,13)7-5-6(17)1-2-8(7)18-3-4-19-10(14,15)16/h1-2,5,18H,3-4,17H2. The molecule has 2 nitrogen and oxygen atoms in total. The number of halogens is 6. The maximum Gasteiger partial charge on any atom is 0.441 e. The summed E-state index contributed by atoms with van der Waals surface area (Å²) in [7, 11) is 0. The molecule has 0 aliphatic heterocycles. The highest BCUT2D eigenvalue weighted by molar-refractivity contribution is 8.00. The maximum atomic E-state index is 12.6. The van der Waals surface area contributed by atoms with Crippen LogP contribution in [0.1, 0.15) is 5.56 Å². The zero-order valence-corrected chi connectivity index (χ0v) is 10.2. The van der Waals surface area contributed by atoms with E-state index >= 15 is 0 Å². The van der Waals surface area contributed by atoms with Crippen molar-refractivity contribution < 1.29 is 26.3 Å². The summed E-state index contributed by atoms with van der Waals surface area (Å²) in [6.07, 6.45) is -4.62. The molecule has 0 saturated carbocycles. The number of thioether (sulfide) groups is 1. The molecular formula is C10H10F6N2S. The molecule has 1 aromatic carbocycles. The smallest absolute Gasteiger partial charge is 0.399 e. The molecule has 0 atom stereocenters. The van der Waals surface area contributed by atoms with Crippen molar-refractivity contribution in [2.24, 2.45) is 0 Å². The second-order valence-electron chi connectivity index (χ2n) is 3.52. The number of hydrogen-bond acceptors (Lipinski definition) is 3. The lowest BCUT2D eigenvalue weighted by Gasteiger charge is -2.15.